The van der Waals surface area contributed by atoms with Crippen molar-refractivity contribution in [3.8, 4) is 0 Å². The van der Waals surface area contributed by atoms with Gasteiger partial charge in [0.15, 0.2) is 0 Å². The highest BCUT2D eigenvalue weighted by Crippen LogP contribution is 2.15. The van der Waals surface area contributed by atoms with E-state index in [0.29, 0.717) is 17.8 Å². The maximum atomic E-state index is 11.8. The quantitative estimate of drug-likeness (QED) is 0.785. The van der Waals surface area contributed by atoms with E-state index in [9.17, 15) is 9.59 Å². The summed E-state index contributed by atoms with van der Waals surface area (Å²) in [6, 6.07) is 8.89. The molecule has 2 aromatic rings. The molecule has 0 spiro atoms. The summed E-state index contributed by atoms with van der Waals surface area (Å²) in [5.74, 6) is -0.240. The van der Waals surface area contributed by atoms with Gasteiger partial charge < -0.3 is 15.6 Å². The summed E-state index contributed by atoms with van der Waals surface area (Å²) in [5, 5.41) is 5.46. The maximum absolute atomic E-state index is 11.8. The zero-order valence-corrected chi connectivity index (χ0v) is 10.6. The van der Waals surface area contributed by atoms with Crippen molar-refractivity contribution in [1.82, 2.24) is 4.98 Å². The number of hydrogen-bond acceptors (Lipinski definition) is 2. The Kier molecular flexibility index (Phi) is 3.97. The van der Waals surface area contributed by atoms with Gasteiger partial charge in [0, 0.05) is 30.7 Å². The Hall–Kier alpha value is -2.56. The Morgan fingerprint density at radius 2 is 1.89 bits per heavy atom. The van der Waals surface area contributed by atoms with Crippen molar-refractivity contribution in [1.29, 1.82) is 0 Å². The van der Waals surface area contributed by atoms with E-state index in [-0.39, 0.29) is 11.8 Å². The number of rotatable bonds is 4. The van der Waals surface area contributed by atoms with Gasteiger partial charge in [-0.2, -0.15) is 0 Å². The van der Waals surface area contributed by atoms with Crippen LogP contribution in [-0.4, -0.2) is 16.8 Å². The number of aromatic amines is 1. The summed E-state index contributed by atoms with van der Waals surface area (Å²) in [4.78, 5) is 25.7. The predicted molar refractivity (Wildman–Crippen MR) is 73.9 cm³/mol. The average molecular weight is 257 g/mol. The van der Waals surface area contributed by atoms with Crippen LogP contribution in [-0.2, 0) is 16.0 Å². The number of hydrogen-bond donors (Lipinski definition) is 3. The largest absolute Gasteiger partial charge is 0.367 e. The zero-order chi connectivity index (χ0) is 13.7. The molecule has 0 saturated carbocycles. The van der Waals surface area contributed by atoms with Crippen LogP contribution in [0.5, 0.6) is 0 Å². The number of amides is 2. The molecule has 0 saturated heterocycles. The van der Waals surface area contributed by atoms with Crippen LogP contribution >= 0.6 is 0 Å². The lowest BCUT2D eigenvalue weighted by atomic mass is 10.2. The summed E-state index contributed by atoms with van der Waals surface area (Å²) in [6.45, 7) is 1.44. The highest BCUT2D eigenvalue weighted by atomic mass is 16.2. The third kappa shape index (κ3) is 3.99. The van der Waals surface area contributed by atoms with Gasteiger partial charge in [-0.1, -0.05) is 6.07 Å². The zero-order valence-electron chi connectivity index (χ0n) is 10.6. The van der Waals surface area contributed by atoms with Crippen LogP contribution < -0.4 is 10.6 Å². The van der Waals surface area contributed by atoms with Gasteiger partial charge in [-0.3, -0.25) is 9.59 Å². The molecule has 3 N–H and O–H groups in total. The van der Waals surface area contributed by atoms with E-state index in [0.717, 1.165) is 5.56 Å². The first-order valence-corrected chi connectivity index (χ1v) is 5.92. The number of carbonyl (C=O) groups excluding carboxylic acids is 2. The smallest absolute Gasteiger partial charge is 0.228 e. The van der Waals surface area contributed by atoms with E-state index in [1.165, 1.54) is 6.92 Å². The second-order valence-electron chi connectivity index (χ2n) is 4.21. The Balaban J connectivity index is 1.98. The third-order valence-corrected chi connectivity index (χ3v) is 2.49. The van der Waals surface area contributed by atoms with Crippen molar-refractivity contribution in [2.75, 3.05) is 10.6 Å². The first kappa shape index (κ1) is 12.9. The number of anilines is 2. The molecule has 0 atom stereocenters. The Morgan fingerprint density at radius 1 is 1.16 bits per heavy atom. The van der Waals surface area contributed by atoms with Gasteiger partial charge in [0.25, 0.3) is 0 Å². The van der Waals surface area contributed by atoms with E-state index < -0.39 is 0 Å². The van der Waals surface area contributed by atoms with Gasteiger partial charge in [-0.05, 0) is 29.8 Å². The SMILES string of the molecule is CC(=O)Nc1cccc(NC(=O)Cc2cc[nH]c2)c1. The molecule has 5 nitrogen and oxygen atoms in total. The molecule has 2 amide bonds. The van der Waals surface area contributed by atoms with Gasteiger partial charge >= 0.3 is 0 Å². The van der Waals surface area contributed by atoms with E-state index in [1.807, 2.05) is 6.07 Å². The predicted octanol–water partition coefficient (Wildman–Crippen LogP) is 2.15. The van der Waals surface area contributed by atoms with Gasteiger partial charge in [-0.15, -0.1) is 0 Å². The summed E-state index contributed by atoms with van der Waals surface area (Å²) in [7, 11) is 0. The minimum atomic E-state index is -0.143. The minimum absolute atomic E-state index is 0.0976. The fraction of sp³-hybridized carbons (Fsp3) is 0.143. The molecule has 0 aliphatic heterocycles. The fourth-order valence-electron chi connectivity index (χ4n) is 1.74. The van der Waals surface area contributed by atoms with E-state index in [4.69, 9.17) is 0 Å². The molecule has 0 bridgehead atoms. The van der Waals surface area contributed by atoms with E-state index in [2.05, 4.69) is 15.6 Å². The Bertz CT molecular complexity index is 576. The second kappa shape index (κ2) is 5.86. The molecule has 19 heavy (non-hydrogen) atoms. The number of nitrogens with one attached hydrogen (secondary N) is 3. The lowest BCUT2D eigenvalue weighted by Gasteiger charge is -2.07. The lowest BCUT2D eigenvalue weighted by molar-refractivity contribution is -0.115. The number of carbonyl (C=O) groups is 2. The highest BCUT2D eigenvalue weighted by molar-refractivity contribution is 5.94. The average Bonchev–Trinajstić information content (AvgIpc) is 2.81. The molecule has 0 radical (unpaired) electrons. The Labute approximate surface area is 111 Å². The Morgan fingerprint density at radius 3 is 2.53 bits per heavy atom. The van der Waals surface area contributed by atoms with Crippen LogP contribution in [0.25, 0.3) is 0 Å². The van der Waals surface area contributed by atoms with Gasteiger partial charge in [0.1, 0.15) is 0 Å². The van der Waals surface area contributed by atoms with E-state index >= 15 is 0 Å². The molecule has 1 aromatic heterocycles. The molecule has 98 valence electrons. The van der Waals surface area contributed by atoms with Crippen LogP contribution in [0.3, 0.4) is 0 Å². The summed E-state index contributed by atoms with van der Waals surface area (Å²) in [6.07, 6.45) is 3.88. The van der Waals surface area contributed by atoms with Crippen LogP contribution in [0.4, 0.5) is 11.4 Å². The highest BCUT2D eigenvalue weighted by Gasteiger charge is 2.05. The third-order valence-electron chi connectivity index (χ3n) is 2.49. The fourth-order valence-corrected chi connectivity index (χ4v) is 1.74. The first-order valence-electron chi connectivity index (χ1n) is 5.92. The van der Waals surface area contributed by atoms with Gasteiger partial charge in [-0.25, -0.2) is 0 Å². The minimum Gasteiger partial charge on any atom is -0.367 e. The molecular weight excluding hydrogens is 242 g/mol. The number of H-pyrrole nitrogens is 1. The molecular formula is C14H15N3O2. The molecule has 0 unspecified atom stereocenters. The molecule has 2 rings (SSSR count). The maximum Gasteiger partial charge on any atom is 0.228 e. The topological polar surface area (TPSA) is 74.0 Å². The van der Waals surface area contributed by atoms with Crippen molar-refractivity contribution < 1.29 is 9.59 Å². The number of benzene rings is 1. The summed E-state index contributed by atoms with van der Waals surface area (Å²) in [5.41, 5.74) is 2.24. The van der Waals surface area contributed by atoms with Crippen LogP contribution in [0.1, 0.15) is 12.5 Å². The van der Waals surface area contributed by atoms with Crippen molar-refractivity contribution in [2.24, 2.45) is 0 Å². The molecule has 0 aliphatic carbocycles. The molecule has 1 aromatic carbocycles. The molecule has 5 heteroatoms. The first-order chi connectivity index (χ1) is 9.13. The van der Waals surface area contributed by atoms with Crippen molar-refractivity contribution >= 4 is 23.2 Å². The van der Waals surface area contributed by atoms with Gasteiger partial charge in [0.05, 0.1) is 6.42 Å². The van der Waals surface area contributed by atoms with Crippen molar-refractivity contribution in [3.63, 3.8) is 0 Å². The summed E-state index contributed by atoms with van der Waals surface area (Å²) < 4.78 is 0. The standard InChI is InChI=1S/C14H15N3O2/c1-10(18)16-12-3-2-4-13(8-12)17-14(19)7-11-5-6-15-9-11/h2-6,8-9,15H,7H2,1H3,(H,16,18)(H,17,19). The van der Waals surface area contributed by atoms with Crippen molar-refractivity contribution in [3.05, 3.63) is 48.3 Å². The van der Waals surface area contributed by atoms with E-state index in [1.54, 1.807) is 36.7 Å². The van der Waals surface area contributed by atoms with Gasteiger partial charge in [0.2, 0.25) is 11.8 Å². The molecule has 0 aliphatic rings. The van der Waals surface area contributed by atoms with Crippen LogP contribution in [0, 0.1) is 0 Å². The normalized spacial score (nSPS) is 9.95. The lowest BCUT2D eigenvalue weighted by Crippen LogP contribution is -2.14. The number of aromatic nitrogens is 1. The molecule has 0 fully saturated rings. The monoisotopic (exact) mass is 257 g/mol. The van der Waals surface area contributed by atoms with Crippen molar-refractivity contribution in [2.45, 2.75) is 13.3 Å². The summed E-state index contributed by atoms with van der Waals surface area (Å²) >= 11 is 0. The molecule has 1 heterocycles. The second-order valence-corrected chi connectivity index (χ2v) is 4.21. The van der Waals surface area contributed by atoms with Crippen LogP contribution in [0.15, 0.2) is 42.7 Å². The van der Waals surface area contributed by atoms with Crippen LogP contribution in [0.2, 0.25) is 0 Å².